The lowest BCUT2D eigenvalue weighted by Crippen LogP contribution is -2.15. The number of benzene rings is 1. The van der Waals surface area contributed by atoms with E-state index < -0.39 is 9.84 Å². The largest absolute Gasteiger partial charge is 0.324 e. The maximum atomic E-state index is 13.3. The van der Waals surface area contributed by atoms with E-state index >= 15 is 0 Å². The van der Waals surface area contributed by atoms with Gasteiger partial charge in [0.05, 0.1) is 10.2 Å². The Balaban J connectivity index is 2.61. The van der Waals surface area contributed by atoms with E-state index in [4.69, 9.17) is 5.73 Å². The van der Waals surface area contributed by atoms with Crippen LogP contribution in [0.5, 0.6) is 0 Å². The minimum Gasteiger partial charge on any atom is -0.324 e. The molecule has 1 atom stereocenters. The summed E-state index contributed by atoms with van der Waals surface area (Å²) >= 11 is 3.15. The third-order valence-electron chi connectivity index (χ3n) is 2.79. The van der Waals surface area contributed by atoms with Crippen LogP contribution in [0.3, 0.4) is 0 Å². The quantitative estimate of drug-likeness (QED) is 0.868. The van der Waals surface area contributed by atoms with E-state index in [1.54, 1.807) is 19.1 Å². The van der Waals surface area contributed by atoms with Gasteiger partial charge in [-0.2, -0.15) is 0 Å². The van der Waals surface area contributed by atoms with Crippen LogP contribution in [-0.2, 0) is 9.84 Å². The molecule has 0 aliphatic rings. The summed E-state index contributed by atoms with van der Waals surface area (Å²) in [6.45, 7) is 1.62. The van der Waals surface area contributed by atoms with Gasteiger partial charge in [0.2, 0.25) is 0 Å². The van der Waals surface area contributed by atoms with Crippen molar-refractivity contribution in [1.29, 1.82) is 0 Å². The van der Waals surface area contributed by atoms with Gasteiger partial charge in [0.15, 0.2) is 0 Å². The minimum absolute atomic E-state index is 0.129. The predicted molar refractivity (Wildman–Crippen MR) is 74.6 cm³/mol. The number of halogens is 2. The Morgan fingerprint density at radius 3 is 2.72 bits per heavy atom. The average Bonchev–Trinajstić information content (AvgIpc) is 2.32. The third-order valence-corrected chi connectivity index (χ3v) is 5.42. The van der Waals surface area contributed by atoms with Gasteiger partial charge in [0.1, 0.15) is 15.7 Å². The molecule has 0 fully saturated rings. The van der Waals surface area contributed by atoms with E-state index in [-0.39, 0.29) is 23.4 Å². The summed E-state index contributed by atoms with van der Waals surface area (Å²) in [7, 11) is -2.96. The second-order valence-corrected chi connectivity index (χ2v) is 7.39. The van der Waals surface area contributed by atoms with Crippen LogP contribution in [0.15, 0.2) is 22.7 Å². The minimum atomic E-state index is -2.96. The van der Waals surface area contributed by atoms with Crippen molar-refractivity contribution in [2.24, 2.45) is 5.73 Å². The Morgan fingerprint density at radius 2 is 2.11 bits per heavy atom. The van der Waals surface area contributed by atoms with Gasteiger partial charge in [0, 0.05) is 11.8 Å². The van der Waals surface area contributed by atoms with Gasteiger partial charge in [-0.3, -0.25) is 0 Å². The highest BCUT2D eigenvalue weighted by molar-refractivity contribution is 9.10. The first-order valence-electron chi connectivity index (χ1n) is 5.77. The van der Waals surface area contributed by atoms with Crippen molar-refractivity contribution >= 4 is 25.8 Å². The van der Waals surface area contributed by atoms with Crippen LogP contribution in [0.2, 0.25) is 0 Å². The number of nitrogens with two attached hydrogens (primary N) is 1. The summed E-state index contributed by atoms with van der Waals surface area (Å²) in [5, 5.41) is 0. The van der Waals surface area contributed by atoms with Gasteiger partial charge in [-0.05, 0) is 40.4 Å². The number of rotatable bonds is 6. The van der Waals surface area contributed by atoms with Crippen molar-refractivity contribution in [3.05, 3.63) is 34.1 Å². The maximum Gasteiger partial charge on any atom is 0.150 e. The lowest BCUT2D eigenvalue weighted by Gasteiger charge is -2.14. The molecule has 102 valence electrons. The Hall–Kier alpha value is -0.460. The van der Waals surface area contributed by atoms with Gasteiger partial charge in [-0.1, -0.05) is 19.1 Å². The third kappa shape index (κ3) is 4.33. The highest BCUT2D eigenvalue weighted by Crippen LogP contribution is 2.27. The van der Waals surface area contributed by atoms with Gasteiger partial charge in [-0.25, -0.2) is 12.8 Å². The van der Waals surface area contributed by atoms with Crippen LogP contribution >= 0.6 is 15.9 Å². The zero-order valence-electron chi connectivity index (χ0n) is 10.2. The van der Waals surface area contributed by atoms with Gasteiger partial charge < -0.3 is 5.73 Å². The molecule has 2 N–H and O–H groups in total. The summed E-state index contributed by atoms with van der Waals surface area (Å²) in [5.74, 6) is -0.0834. The Labute approximate surface area is 116 Å². The van der Waals surface area contributed by atoms with Crippen molar-refractivity contribution in [3.63, 3.8) is 0 Å². The van der Waals surface area contributed by atoms with Gasteiger partial charge in [-0.15, -0.1) is 0 Å². The topological polar surface area (TPSA) is 60.2 Å². The van der Waals surface area contributed by atoms with Crippen LogP contribution in [0.25, 0.3) is 0 Å². The Kier molecular flexibility index (Phi) is 5.75. The molecule has 1 rings (SSSR count). The van der Waals surface area contributed by atoms with Crippen molar-refractivity contribution in [2.75, 3.05) is 11.5 Å². The average molecular weight is 338 g/mol. The molecule has 0 spiro atoms. The molecule has 0 saturated carbocycles. The second kappa shape index (κ2) is 6.63. The van der Waals surface area contributed by atoms with Crippen LogP contribution in [-0.4, -0.2) is 19.9 Å². The lowest BCUT2D eigenvalue weighted by atomic mass is 10.0. The van der Waals surface area contributed by atoms with E-state index in [0.29, 0.717) is 22.9 Å². The van der Waals surface area contributed by atoms with E-state index in [2.05, 4.69) is 15.9 Å². The first-order valence-corrected chi connectivity index (χ1v) is 8.38. The van der Waals surface area contributed by atoms with Crippen molar-refractivity contribution < 1.29 is 12.8 Å². The van der Waals surface area contributed by atoms with Crippen LogP contribution in [0.1, 0.15) is 31.4 Å². The molecule has 3 nitrogen and oxygen atoms in total. The molecule has 0 heterocycles. The van der Waals surface area contributed by atoms with Crippen LogP contribution < -0.4 is 5.73 Å². The maximum absolute atomic E-state index is 13.3. The molecule has 0 bridgehead atoms. The molecule has 0 aliphatic carbocycles. The fraction of sp³-hybridized carbons (Fsp3) is 0.500. The summed E-state index contributed by atoms with van der Waals surface area (Å²) in [5.41, 5.74) is 6.61. The SMILES string of the molecule is CCS(=O)(=O)CCCC(N)c1cccc(F)c1Br. The fourth-order valence-electron chi connectivity index (χ4n) is 1.63. The van der Waals surface area contributed by atoms with Crippen LogP contribution in [0.4, 0.5) is 4.39 Å². The molecular formula is C12H17BrFNO2S. The molecule has 0 saturated heterocycles. The smallest absolute Gasteiger partial charge is 0.150 e. The summed E-state index contributed by atoms with van der Waals surface area (Å²) in [6.07, 6.45) is 1.00. The van der Waals surface area contributed by atoms with Crippen molar-refractivity contribution in [3.8, 4) is 0 Å². The molecule has 1 aromatic rings. The van der Waals surface area contributed by atoms with Gasteiger partial charge >= 0.3 is 0 Å². The standard InChI is InChI=1S/C12H17BrFNO2S/c1-2-18(16,17)8-4-7-11(15)9-5-3-6-10(14)12(9)13/h3,5-6,11H,2,4,7-8,15H2,1H3. The summed E-state index contributed by atoms with van der Waals surface area (Å²) in [6, 6.07) is 4.33. The van der Waals surface area contributed by atoms with E-state index in [0.717, 1.165) is 0 Å². The van der Waals surface area contributed by atoms with Gasteiger partial charge in [0.25, 0.3) is 0 Å². The molecular weight excluding hydrogens is 321 g/mol. The molecule has 0 amide bonds. The summed E-state index contributed by atoms with van der Waals surface area (Å²) in [4.78, 5) is 0. The molecule has 0 aliphatic heterocycles. The van der Waals surface area contributed by atoms with Crippen LogP contribution in [0, 0.1) is 5.82 Å². The number of hydrogen-bond acceptors (Lipinski definition) is 3. The number of sulfone groups is 1. The first-order chi connectivity index (χ1) is 8.37. The predicted octanol–water partition coefficient (Wildman–Crippen LogP) is 2.80. The Bertz CT molecular complexity index is 505. The second-order valence-electron chi connectivity index (χ2n) is 4.13. The molecule has 1 unspecified atom stereocenters. The molecule has 0 radical (unpaired) electrons. The monoisotopic (exact) mass is 337 g/mol. The zero-order chi connectivity index (χ0) is 13.8. The summed E-state index contributed by atoms with van der Waals surface area (Å²) < 4.78 is 36.3. The fourth-order valence-corrected chi connectivity index (χ4v) is 3.08. The van der Waals surface area contributed by atoms with Crippen molar-refractivity contribution in [1.82, 2.24) is 0 Å². The lowest BCUT2D eigenvalue weighted by molar-refractivity contribution is 0.578. The highest BCUT2D eigenvalue weighted by Gasteiger charge is 2.14. The Morgan fingerprint density at radius 1 is 1.44 bits per heavy atom. The molecule has 1 aromatic carbocycles. The number of hydrogen-bond donors (Lipinski definition) is 1. The zero-order valence-corrected chi connectivity index (χ0v) is 12.6. The van der Waals surface area contributed by atoms with E-state index in [1.807, 2.05) is 0 Å². The highest BCUT2D eigenvalue weighted by atomic mass is 79.9. The molecule has 6 heteroatoms. The first kappa shape index (κ1) is 15.6. The van der Waals surface area contributed by atoms with Crippen molar-refractivity contribution in [2.45, 2.75) is 25.8 Å². The molecule has 0 aromatic heterocycles. The van der Waals surface area contributed by atoms with E-state index in [1.165, 1.54) is 6.07 Å². The van der Waals surface area contributed by atoms with E-state index in [9.17, 15) is 12.8 Å². The normalized spacial score (nSPS) is 13.6. The molecule has 18 heavy (non-hydrogen) atoms.